The molecule has 2 aromatic rings. The molecular weight excluding hydrogens is 278 g/mol. The molecule has 1 N–H and O–H groups in total. The van der Waals surface area contributed by atoms with Gasteiger partial charge in [0.25, 0.3) is 0 Å². The van der Waals surface area contributed by atoms with Gasteiger partial charge in [-0.15, -0.1) is 0 Å². The number of nitrogens with zero attached hydrogens (tertiary/aromatic N) is 2. The SMILES string of the molecule is Cc1cccc(NC(=S)N2CCn3cccc3[C@@H]2C)c1C. The smallest absolute Gasteiger partial charge is 0.174 e. The van der Waals surface area contributed by atoms with Gasteiger partial charge in [-0.25, -0.2) is 0 Å². The van der Waals surface area contributed by atoms with E-state index in [2.05, 4.69) is 72.1 Å². The van der Waals surface area contributed by atoms with Crippen LogP contribution in [0.4, 0.5) is 5.69 Å². The van der Waals surface area contributed by atoms with Crippen LogP contribution in [0.3, 0.4) is 0 Å². The number of benzene rings is 1. The van der Waals surface area contributed by atoms with Gasteiger partial charge in [0.2, 0.25) is 0 Å². The number of aromatic nitrogens is 1. The maximum Gasteiger partial charge on any atom is 0.174 e. The molecule has 1 aromatic heterocycles. The summed E-state index contributed by atoms with van der Waals surface area (Å²) in [5, 5.41) is 4.23. The van der Waals surface area contributed by atoms with Crippen molar-refractivity contribution >= 4 is 23.0 Å². The Balaban J connectivity index is 1.79. The monoisotopic (exact) mass is 299 g/mol. The van der Waals surface area contributed by atoms with Gasteiger partial charge in [-0.3, -0.25) is 0 Å². The molecule has 0 radical (unpaired) electrons. The fourth-order valence-corrected chi connectivity index (χ4v) is 3.29. The molecule has 110 valence electrons. The summed E-state index contributed by atoms with van der Waals surface area (Å²) in [4.78, 5) is 2.27. The second-order valence-electron chi connectivity index (χ2n) is 5.67. The van der Waals surface area contributed by atoms with Crippen molar-refractivity contribution in [2.24, 2.45) is 0 Å². The zero-order valence-corrected chi connectivity index (χ0v) is 13.6. The Labute approximate surface area is 131 Å². The Hall–Kier alpha value is -1.81. The van der Waals surface area contributed by atoms with E-state index in [0.717, 1.165) is 23.9 Å². The molecule has 4 heteroatoms. The summed E-state index contributed by atoms with van der Waals surface area (Å²) in [5.74, 6) is 0. The average Bonchev–Trinajstić information content (AvgIpc) is 2.93. The lowest BCUT2D eigenvalue weighted by Crippen LogP contribution is -2.42. The Morgan fingerprint density at radius 1 is 1.19 bits per heavy atom. The molecule has 0 bridgehead atoms. The number of hydrogen-bond acceptors (Lipinski definition) is 1. The number of fused-ring (bicyclic) bond motifs is 1. The summed E-state index contributed by atoms with van der Waals surface area (Å²) in [6.07, 6.45) is 2.14. The van der Waals surface area contributed by atoms with Crippen LogP contribution in [-0.4, -0.2) is 21.1 Å². The van der Waals surface area contributed by atoms with Crippen molar-refractivity contribution in [2.75, 3.05) is 11.9 Å². The molecule has 1 aliphatic rings. The van der Waals surface area contributed by atoms with Gasteiger partial charge in [-0.2, -0.15) is 0 Å². The van der Waals surface area contributed by atoms with Gasteiger partial charge in [0, 0.05) is 30.7 Å². The molecule has 21 heavy (non-hydrogen) atoms. The van der Waals surface area contributed by atoms with Crippen LogP contribution < -0.4 is 5.32 Å². The Kier molecular flexibility index (Phi) is 3.72. The first-order valence-electron chi connectivity index (χ1n) is 7.37. The van der Waals surface area contributed by atoms with E-state index in [0.29, 0.717) is 6.04 Å². The van der Waals surface area contributed by atoms with Crippen molar-refractivity contribution in [1.29, 1.82) is 0 Å². The highest BCUT2D eigenvalue weighted by molar-refractivity contribution is 7.80. The molecule has 2 heterocycles. The van der Waals surface area contributed by atoms with Gasteiger partial charge in [-0.1, -0.05) is 12.1 Å². The highest BCUT2D eigenvalue weighted by atomic mass is 32.1. The predicted octanol–water partition coefficient (Wildman–Crippen LogP) is 3.88. The summed E-state index contributed by atoms with van der Waals surface area (Å²) >= 11 is 5.64. The number of rotatable bonds is 1. The fourth-order valence-electron chi connectivity index (χ4n) is 2.93. The molecule has 3 rings (SSSR count). The lowest BCUT2D eigenvalue weighted by molar-refractivity contribution is 0.276. The molecule has 0 fully saturated rings. The number of thiocarbonyl (C=S) groups is 1. The van der Waals surface area contributed by atoms with Gasteiger partial charge >= 0.3 is 0 Å². The van der Waals surface area contributed by atoms with Crippen molar-refractivity contribution in [3.63, 3.8) is 0 Å². The maximum atomic E-state index is 5.64. The molecule has 1 atom stereocenters. The van der Waals surface area contributed by atoms with Crippen LogP contribution in [0, 0.1) is 13.8 Å². The van der Waals surface area contributed by atoms with Gasteiger partial charge in [0.1, 0.15) is 0 Å². The standard InChI is InChI=1S/C17H21N3S/c1-12-6-4-7-15(13(12)2)18-17(21)20-11-10-19-9-5-8-16(19)14(20)3/h4-9,14H,10-11H2,1-3H3,(H,18,21)/t14-/m0/s1. The number of nitrogens with one attached hydrogen (secondary N) is 1. The molecule has 0 aliphatic carbocycles. The van der Waals surface area contributed by atoms with E-state index in [1.165, 1.54) is 16.8 Å². The summed E-state index contributed by atoms with van der Waals surface area (Å²) in [7, 11) is 0. The number of anilines is 1. The van der Waals surface area contributed by atoms with Crippen molar-refractivity contribution in [3.8, 4) is 0 Å². The lowest BCUT2D eigenvalue weighted by atomic mass is 10.1. The molecular formula is C17H21N3S. The second kappa shape index (κ2) is 5.53. The third-order valence-corrected chi connectivity index (χ3v) is 4.79. The summed E-state index contributed by atoms with van der Waals surface area (Å²) in [5.41, 5.74) is 4.97. The van der Waals surface area contributed by atoms with Crippen LogP contribution in [0.1, 0.15) is 29.8 Å². The van der Waals surface area contributed by atoms with Crippen LogP contribution in [0.25, 0.3) is 0 Å². The van der Waals surface area contributed by atoms with Crippen molar-refractivity contribution in [2.45, 2.75) is 33.4 Å². The van der Waals surface area contributed by atoms with E-state index in [1.807, 2.05) is 0 Å². The van der Waals surface area contributed by atoms with Crippen LogP contribution >= 0.6 is 12.2 Å². The average molecular weight is 299 g/mol. The summed E-state index contributed by atoms with van der Waals surface area (Å²) < 4.78 is 2.31. The number of hydrogen-bond donors (Lipinski definition) is 1. The predicted molar refractivity (Wildman–Crippen MR) is 91.7 cm³/mol. The third-order valence-electron chi connectivity index (χ3n) is 4.45. The first-order valence-corrected chi connectivity index (χ1v) is 7.77. The molecule has 3 nitrogen and oxygen atoms in total. The van der Waals surface area contributed by atoms with E-state index in [9.17, 15) is 0 Å². The van der Waals surface area contributed by atoms with E-state index >= 15 is 0 Å². The van der Waals surface area contributed by atoms with Gasteiger partial charge in [0.05, 0.1) is 6.04 Å². The van der Waals surface area contributed by atoms with Crippen LogP contribution in [-0.2, 0) is 6.54 Å². The Bertz CT molecular complexity index is 674. The first-order chi connectivity index (χ1) is 10.1. The van der Waals surface area contributed by atoms with E-state index in [1.54, 1.807) is 0 Å². The van der Waals surface area contributed by atoms with E-state index in [-0.39, 0.29) is 0 Å². The fraction of sp³-hybridized carbons (Fsp3) is 0.353. The van der Waals surface area contributed by atoms with E-state index < -0.39 is 0 Å². The van der Waals surface area contributed by atoms with E-state index in [4.69, 9.17) is 12.2 Å². The van der Waals surface area contributed by atoms with Gasteiger partial charge in [0.15, 0.2) is 5.11 Å². The van der Waals surface area contributed by atoms with Crippen LogP contribution in [0.2, 0.25) is 0 Å². The molecule has 0 saturated heterocycles. The Morgan fingerprint density at radius 2 is 2.00 bits per heavy atom. The van der Waals surface area contributed by atoms with Gasteiger partial charge in [-0.05, 0) is 62.3 Å². The molecule has 1 aliphatic heterocycles. The largest absolute Gasteiger partial charge is 0.348 e. The Morgan fingerprint density at radius 3 is 2.81 bits per heavy atom. The summed E-state index contributed by atoms with van der Waals surface area (Å²) in [6.45, 7) is 8.40. The van der Waals surface area contributed by atoms with Crippen LogP contribution in [0.15, 0.2) is 36.5 Å². The molecule has 0 spiro atoms. The zero-order valence-electron chi connectivity index (χ0n) is 12.8. The normalized spacial score (nSPS) is 17.5. The molecule has 0 saturated carbocycles. The lowest BCUT2D eigenvalue weighted by Gasteiger charge is -2.37. The highest BCUT2D eigenvalue weighted by Crippen LogP contribution is 2.27. The number of aryl methyl sites for hydroxylation is 1. The second-order valence-corrected chi connectivity index (χ2v) is 6.06. The molecule has 1 aromatic carbocycles. The third kappa shape index (κ3) is 2.56. The van der Waals surface area contributed by atoms with Gasteiger partial charge < -0.3 is 14.8 Å². The first kappa shape index (κ1) is 14.1. The summed E-state index contributed by atoms with van der Waals surface area (Å²) in [6, 6.07) is 10.9. The maximum absolute atomic E-state index is 5.64. The highest BCUT2D eigenvalue weighted by Gasteiger charge is 2.25. The minimum atomic E-state index is 0.305. The van der Waals surface area contributed by atoms with Crippen molar-refractivity contribution in [3.05, 3.63) is 53.3 Å². The minimum absolute atomic E-state index is 0.305. The molecule has 0 amide bonds. The quantitative estimate of drug-likeness (QED) is 0.807. The molecule has 0 unspecified atom stereocenters. The minimum Gasteiger partial charge on any atom is -0.348 e. The van der Waals surface area contributed by atoms with Crippen molar-refractivity contribution < 1.29 is 0 Å². The van der Waals surface area contributed by atoms with Crippen LogP contribution in [0.5, 0.6) is 0 Å². The zero-order chi connectivity index (χ0) is 15.0. The topological polar surface area (TPSA) is 20.2 Å². The van der Waals surface area contributed by atoms with Crippen molar-refractivity contribution in [1.82, 2.24) is 9.47 Å².